The van der Waals surface area contributed by atoms with Gasteiger partial charge in [-0.15, -0.1) is 0 Å². The zero-order chi connectivity index (χ0) is 19.5. The highest BCUT2D eigenvalue weighted by Gasteiger charge is 2.60. The Morgan fingerprint density at radius 1 is 1.11 bits per heavy atom. The maximum atomic E-state index is 11.4. The fourth-order valence-corrected chi connectivity index (χ4v) is 8.11. The van der Waals surface area contributed by atoms with E-state index in [1.807, 2.05) is 10.9 Å². The van der Waals surface area contributed by atoms with E-state index in [2.05, 4.69) is 38.0 Å². The molecule has 154 valence electrons. The van der Waals surface area contributed by atoms with Crippen molar-refractivity contribution >= 4 is 6.08 Å². The predicted molar refractivity (Wildman–Crippen MR) is 114 cm³/mol. The van der Waals surface area contributed by atoms with Crippen LogP contribution in [0.3, 0.4) is 0 Å². The van der Waals surface area contributed by atoms with Gasteiger partial charge in [-0.25, -0.2) is 0 Å². The number of nitrogens with zero attached hydrogens (tertiary/aromatic N) is 2. The highest BCUT2D eigenvalue weighted by Crippen LogP contribution is 2.66. The average Bonchev–Trinajstić information content (AvgIpc) is 3.25. The molecule has 1 heterocycles. The van der Waals surface area contributed by atoms with Gasteiger partial charge >= 0.3 is 0 Å². The van der Waals surface area contributed by atoms with E-state index in [1.54, 1.807) is 0 Å². The van der Waals surface area contributed by atoms with Gasteiger partial charge in [-0.1, -0.05) is 26.7 Å². The van der Waals surface area contributed by atoms with Gasteiger partial charge in [0.1, 0.15) is 0 Å². The number of aryl methyl sites for hydroxylation is 1. The summed E-state index contributed by atoms with van der Waals surface area (Å²) in [7, 11) is 0. The molecule has 0 aromatic carbocycles. The molecule has 0 spiro atoms. The lowest BCUT2D eigenvalue weighted by atomic mass is 9.45. The minimum Gasteiger partial charge on any atom is -0.388 e. The largest absolute Gasteiger partial charge is 0.388 e. The van der Waals surface area contributed by atoms with Gasteiger partial charge in [0.15, 0.2) is 0 Å². The van der Waals surface area contributed by atoms with Crippen molar-refractivity contribution in [3.8, 4) is 0 Å². The number of hydrogen-bond donors (Lipinski definition) is 1. The van der Waals surface area contributed by atoms with Crippen molar-refractivity contribution in [1.82, 2.24) is 9.78 Å². The van der Waals surface area contributed by atoms with Crippen molar-refractivity contribution in [2.45, 2.75) is 91.2 Å². The van der Waals surface area contributed by atoms with Crippen molar-refractivity contribution < 1.29 is 5.11 Å². The van der Waals surface area contributed by atoms with E-state index < -0.39 is 0 Å². The minimum atomic E-state index is -0.290. The van der Waals surface area contributed by atoms with Crippen LogP contribution in [0.25, 0.3) is 6.08 Å². The molecule has 0 aliphatic heterocycles. The summed E-state index contributed by atoms with van der Waals surface area (Å²) in [6.07, 6.45) is 16.2. The molecular weight excluding hydrogens is 344 g/mol. The van der Waals surface area contributed by atoms with E-state index in [4.69, 9.17) is 0 Å². The summed E-state index contributed by atoms with van der Waals surface area (Å²) in [5.41, 5.74) is 2.89. The van der Waals surface area contributed by atoms with Crippen LogP contribution >= 0.6 is 0 Å². The molecule has 28 heavy (non-hydrogen) atoms. The fourth-order valence-electron chi connectivity index (χ4n) is 8.11. The molecule has 1 aromatic rings. The summed E-state index contributed by atoms with van der Waals surface area (Å²) in [5, 5.41) is 16.0. The van der Waals surface area contributed by atoms with Gasteiger partial charge in [-0.3, -0.25) is 4.68 Å². The lowest BCUT2D eigenvalue weighted by Crippen LogP contribution is -2.53. The smallest absolute Gasteiger partial charge is 0.0851 e. The van der Waals surface area contributed by atoms with Crippen LogP contribution in [0.5, 0.6) is 0 Å². The third kappa shape index (κ3) is 2.68. The van der Waals surface area contributed by atoms with Gasteiger partial charge < -0.3 is 5.11 Å². The van der Waals surface area contributed by atoms with E-state index in [9.17, 15) is 5.11 Å². The maximum absolute atomic E-state index is 11.4. The number of fused-ring (bicyclic) bond motifs is 5. The highest BCUT2D eigenvalue weighted by molar-refractivity contribution is 5.52. The van der Waals surface area contributed by atoms with Gasteiger partial charge in [-0.2, -0.15) is 5.10 Å². The number of hydrogen-bond acceptors (Lipinski definition) is 2. The topological polar surface area (TPSA) is 38.0 Å². The van der Waals surface area contributed by atoms with E-state index in [0.717, 1.165) is 36.4 Å². The highest BCUT2D eigenvalue weighted by atomic mass is 16.3. The van der Waals surface area contributed by atoms with Gasteiger partial charge in [-0.05, 0) is 98.7 Å². The molecule has 4 aliphatic carbocycles. The molecule has 7 atom stereocenters. The molecule has 5 rings (SSSR count). The first kappa shape index (κ1) is 18.9. The average molecular weight is 383 g/mol. The molecule has 0 saturated heterocycles. The molecular formula is C25H38N2O. The molecule has 0 amide bonds. The normalized spacial score (nSPS) is 46.9. The molecule has 1 N–H and O–H groups in total. The Balaban J connectivity index is 1.44. The Hall–Kier alpha value is -1.09. The third-order valence-electron chi connectivity index (χ3n) is 9.77. The van der Waals surface area contributed by atoms with Crippen LogP contribution in [-0.2, 0) is 6.54 Å². The second kappa shape index (κ2) is 6.72. The predicted octanol–water partition coefficient (Wildman–Crippen LogP) is 5.69. The maximum Gasteiger partial charge on any atom is 0.0851 e. The van der Waals surface area contributed by atoms with Gasteiger partial charge in [0.25, 0.3) is 0 Å². The molecule has 0 unspecified atom stereocenters. The number of aromatic nitrogens is 2. The summed E-state index contributed by atoms with van der Waals surface area (Å²) in [4.78, 5) is 0. The molecule has 4 fully saturated rings. The summed E-state index contributed by atoms with van der Waals surface area (Å²) >= 11 is 0. The molecule has 3 heteroatoms. The quantitative estimate of drug-likeness (QED) is 0.713. The van der Waals surface area contributed by atoms with Gasteiger partial charge in [0.05, 0.1) is 11.8 Å². The number of aliphatic hydroxyl groups excluding tert-OH is 1. The van der Waals surface area contributed by atoms with Crippen LogP contribution in [0.4, 0.5) is 0 Å². The molecule has 0 bridgehead atoms. The van der Waals surface area contributed by atoms with Crippen LogP contribution in [0.2, 0.25) is 0 Å². The standard InChI is InChI=1S/C25H38N2O/c1-4-27-14-11-19(26-27)15-17-16-22-20-9-8-18-7-5-6-12-24(18,2)21(20)10-13-25(22,3)23(17)28/h11,14-15,18,20-23,28H,4-10,12-13,16H2,1-3H3/b17-15-/t18-,20+,21-,22-,23+,24-,25-/m0/s1. The van der Waals surface area contributed by atoms with Crippen LogP contribution in [0.1, 0.15) is 84.3 Å². The Bertz CT molecular complexity index is 766. The Labute approximate surface area is 170 Å². The number of aliphatic hydroxyl groups is 1. The molecule has 1 aromatic heterocycles. The van der Waals surface area contributed by atoms with E-state index in [1.165, 1.54) is 56.9 Å². The molecule has 0 radical (unpaired) electrons. The van der Waals surface area contributed by atoms with Crippen molar-refractivity contribution in [1.29, 1.82) is 0 Å². The van der Waals surface area contributed by atoms with Gasteiger partial charge in [0, 0.05) is 18.2 Å². The third-order valence-corrected chi connectivity index (χ3v) is 9.77. The first-order valence-electron chi connectivity index (χ1n) is 11.9. The summed E-state index contributed by atoms with van der Waals surface area (Å²) < 4.78 is 1.98. The van der Waals surface area contributed by atoms with Crippen molar-refractivity contribution in [2.75, 3.05) is 0 Å². The SMILES string of the molecule is CCn1ccc(/C=C2/C[C@H]3[C@@H]4CC[C@@H]5CCCC[C@]5(C)[C@H]4CC[C@]3(C)[C@@H]2O)n1. The Morgan fingerprint density at radius 3 is 2.75 bits per heavy atom. The summed E-state index contributed by atoms with van der Waals surface area (Å²) in [6.45, 7) is 8.04. The molecule has 4 aliphatic rings. The van der Waals surface area contributed by atoms with Crippen molar-refractivity contribution in [3.05, 3.63) is 23.5 Å². The summed E-state index contributed by atoms with van der Waals surface area (Å²) in [6, 6.07) is 2.09. The van der Waals surface area contributed by atoms with Crippen LogP contribution in [0, 0.1) is 34.5 Å². The van der Waals surface area contributed by atoms with Crippen LogP contribution in [-0.4, -0.2) is 21.0 Å². The summed E-state index contributed by atoms with van der Waals surface area (Å²) in [5.74, 6) is 3.31. The second-order valence-electron chi connectivity index (χ2n) is 10.9. The number of rotatable bonds is 2. The lowest BCUT2D eigenvalue weighted by Gasteiger charge is -2.60. The Morgan fingerprint density at radius 2 is 1.96 bits per heavy atom. The van der Waals surface area contributed by atoms with Crippen LogP contribution < -0.4 is 0 Å². The fraction of sp³-hybridized carbons (Fsp3) is 0.800. The zero-order valence-electron chi connectivity index (χ0n) is 18.0. The lowest BCUT2D eigenvalue weighted by molar-refractivity contribution is -0.119. The van der Waals surface area contributed by atoms with E-state index in [-0.39, 0.29) is 11.5 Å². The van der Waals surface area contributed by atoms with Crippen molar-refractivity contribution in [2.24, 2.45) is 34.5 Å². The second-order valence-corrected chi connectivity index (χ2v) is 10.9. The van der Waals surface area contributed by atoms with Gasteiger partial charge in [0.2, 0.25) is 0 Å². The molecule has 3 nitrogen and oxygen atoms in total. The zero-order valence-corrected chi connectivity index (χ0v) is 18.0. The first-order chi connectivity index (χ1) is 13.5. The van der Waals surface area contributed by atoms with E-state index >= 15 is 0 Å². The first-order valence-corrected chi connectivity index (χ1v) is 11.9. The van der Waals surface area contributed by atoms with Crippen molar-refractivity contribution in [3.63, 3.8) is 0 Å². The minimum absolute atomic E-state index is 0.0676. The monoisotopic (exact) mass is 382 g/mol. The van der Waals surface area contributed by atoms with Crippen LogP contribution in [0.15, 0.2) is 17.8 Å². The molecule has 4 saturated carbocycles. The van der Waals surface area contributed by atoms with E-state index in [0.29, 0.717) is 11.3 Å². The Kier molecular flexibility index (Phi) is 4.54.